The van der Waals surface area contributed by atoms with Crippen molar-refractivity contribution in [3.63, 3.8) is 0 Å². The summed E-state index contributed by atoms with van der Waals surface area (Å²) in [6.07, 6.45) is 4.20. The highest BCUT2D eigenvalue weighted by molar-refractivity contribution is 6.02. The summed E-state index contributed by atoms with van der Waals surface area (Å²) in [6, 6.07) is 13.2. The Balaban J connectivity index is 1.82. The number of phenols is 1. The first-order valence-electron chi connectivity index (χ1n) is 11.4. The molecular formula is C29H29NO5. The SMILES string of the molecule is COc1cc(C=C2Oc3ccc(O)c(OC)c3-c3ccc4c(c32)C(C)=CC(C)(C)N4)cc(OC)c1. The van der Waals surface area contributed by atoms with Gasteiger partial charge >= 0.3 is 0 Å². The summed E-state index contributed by atoms with van der Waals surface area (Å²) in [7, 11) is 4.81. The molecule has 5 rings (SSSR count). The van der Waals surface area contributed by atoms with Gasteiger partial charge in [-0.1, -0.05) is 12.1 Å². The van der Waals surface area contributed by atoms with E-state index in [1.165, 1.54) is 0 Å². The van der Waals surface area contributed by atoms with E-state index in [9.17, 15) is 5.11 Å². The molecular weight excluding hydrogens is 442 g/mol. The van der Waals surface area contributed by atoms with Crippen LogP contribution in [-0.2, 0) is 0 Å². The van der Waals surface area contributed by atoms with Crippen LogP contribution in [0.1, 0.15) is 37.5 Å². The Morgan fingerprint density at radius 2 is 1.60 bits per heavy atom. The average molecular weight is 472 g/mol. The third-order valence-electron chi connectivity index (χ3n) is 6.34. The van der Waals surface area contributed by atoms with E-state index in [1.807, 2.05) is 24.3 Å². The van der Waals surface area contributed by atoms with E-state index >= 15 is 0 Å². The van der Waals surface area contributed by atoms with Crippen molar-refractivity contribution in [2.75, 3.05) is 26.6 Å². The molecule has 2 aliphatic rings. The van der Waals surface area contributed by atoms with Crippen LogP contribution in [0, 0.1) is 0 Å². The lowest BCUT2D eigenvalue weighted by atomic mass is 9.83. The summed E-state index contributed by atoms with van der Waals surface area (Å²) < 4.78 is 23.1. The summed E-state index contributed by atoms with van der Waals surface area (Å²) in [5, 5.41) is 14.1. The number of nitrogens with one attached hydrogen (secondary N) is 1. The first-order chi connectivity index (χ1) is 16.7. The summed E-state index contributed by atoms with van der Waals surface area (Å²) in [5.74, 6) is 3.12. The summed E-state index contributed by atoms with van der Waals surface area (Å²) in [5.41, 5.74) is 6.49. The first kappa shape index (κ1) is 22.7. The Labute approximate surface area is 205 Å². The van der Waals surface area contributed by atoms with Gasteiger partial charge in [0.2, 0.25) is 0 Å². The van der Waals surface area contributed by atoms with Crippen molar-refractivity contribution in [2.24, 2.45) is 0 Å². The second-order valence-corrected chi connectivity index (χ2v) is 9.33. The predicted octanol–water partition coefficient (Wildman–Crippen LogP) is 6.58. The van der Waals surface area contributed by atoms with Crippen molar-refractivity contribution in [1.29, 1.82) is 0 Å². The highest BCUT2D eigenvalue weighted by Crippen LogP contribution is 2.54. The fraction of sp³-hybridized carbons (Fsp3) is 0.241. The second kappa shape index (κ2) is 8.31. The average Bonchev–Trinajstić information content (AvgIpc) is 2.82. The van der Waals surface area contributed by atoms with Crippen molar-refractivity contribution in [2.45, 2.75) is 26.3 Å². The summed E-state index contributed by atoms with van der Waals surface area (Å²) >= 11 is 0. The van der Waals surface area contributed by atoms with E-state index in [1.54, 1.807) is 33.5 Å². The lowest BCUT2D eigenvalue weighted by Crippen LogP contribution is -2.32. The van der Waals surface area contributed by atoms with Gasteiger partial charge in [0.25, 0.3) is 0 Å². The van der Waals surface area contributed by atoms with E-state index < -0.39 is 0 Å². The Hall–Kier alpha value is -4.06. The molecule has 180 valence electrons. The van der Waals surface area contributed by atoms with E-state index in [0.717, 1.165) is 39.1 Å². The number of allylic oxidation sites excluding steroid dienone is 1. The highest BCUT2D eigenvalue weighted by Gasteiger charge is 2.33. The van der Waals surface area contributed by atoms with Crippen LogP contribution in [0.2, 0.25) is 0 Å². The molecule has 2 heterocycles. The van der Waals surface area contributed by atoms with E-state index in [2.05, 4.69) is 44.3 Å². The number of hydrogen-bond donors (Lipinski definition) is 2. The number of rotatable bonds is 4. The number of ether oxygens (including phenoxy) is 4. The molecule has 35 heavy (non-hydrogen) atoms. The molecule has 0 aromatic heterocycles. The minimum atomic E-state index is -0.182. The number of benzene rings is 3. The number of hydrogen-bond acceptors (Lipinski definition) is 6. The Bertz CT molecular complexity index is 1380. The Morgan fingerprint density at radius 1 is 0.886 bits per heavy atom. The largest absolute Gasteiger partial charge is 0.504 e. The molecule has 0 unspecified atom stereocenters. The molecule has 2 aliphatic heterocycles. The van der Waals surface area contributed by atoms with E-state index in [0.29, 0.717) is 28.8 Å². The van der Waals surface area contributed by atoms with Gasteiger partial charge in [-0.2, -0.15) is 0 Å². The molecule has 0 amide bonds. The van der Waals surface area contributed by atoms with Gasteiger partial charge in [-0.3, -0.25) is 0 Å². The number of anilines is 1. The van der Waals surface area contributed by atoms with Gasteiger partial charge in [-0.25, -0.2) is 0 Å². The van der Waals surface area contributed by atoms with E-state index in [4.69, 9.17) is 18.9 Å². The molecule has 2 N–H and O–H groups in total. The first-order valence-corrected chi connectivity index (χ1v) is 11.4. The standard InChI is InChI=1S/C29H29NO5/c1-16-15-29(2,3)30-21-8-7-20-26(25(16)21)24(13-17-11-18(32-4)14-19(12-17)33-5)35-23-10-9-22(31)28(34-6)27(20)23/h7-15,30-31H,1-6H3. The lowest BCUT2D eigenvalue weighted by Gasteiger charge is -2.35. The zero-order valence-corrected chi connectivity index (χ0v) is 20.8. The van der Waals surface area contributed by atoms with Crippen LogP contribution in [0.3, 0.4) is 0 Å². The molecule has 0 saturated carbocycles. The third-order valence-corrected chi connectivity index (χ3v) is 6.34. The molecule has 6 nitrogen and oxygen atoms in total. The van der Waals surface area contributed by atoms with Gasteiger partial charge in [0.15, 0.2) is 11.5 Å². The molecule has 0 radical (unpaired) electrons. The minimum Gasteiger partial charge on any atom is -0.504 e. The second-order valence-electron chi connectivity index (χ2n) is 9.33. The maximum atomic E-state index is 10.5. The number of aromatic hydroxyl groups is 1. The van der Waals surface area contributed by atoms with Crippen molar-refractivity contribution in [3.8, 4) is 39.9 Å². The van der Waals surface area contributed by atoms with Crippen molar-refractivity contribution >= 4 is 23.1 Å². The minimum absolute atomic E-state index is 0.0648. The predicted molar refractivity (Wildman–Crippen MR) is 139 cm³/mol. The van der Waals surface area contributed by atoms with Crippen molar-refractivity contribution < 1.29 is 24.1 Å². The fourth-order valence-electron chi connectivity index (χ4n) is 5.01. The molecule has 0 saturated heterocycles. The zero-order valence-electron chi connectivity index (χ0n) is 20.8. The van der Waals surface area contributed by atoms with Crippen LogP contribution < -0.4 is 24.3 Å². The topological polar surface area (TPSA) is 69.2 Å². The number of methoxy groups -OCH3 is 3. The molecule has 0 aliphatic carbocycles. The summed E-state index contributed by atoms with van der Waals surface area (Å²) in [6.45, 7) is 6.40. The number of phenolic OH excluding ortho intramolecular Hbond substituents is 1. The van der Waals surface area contributed by atoms with Crippen LogP contribution in [0.15, 0.2) is 48.5 Å². The third kappa shape index (κ3) is 3.85. The molecule has 3 aromatic rings. The number of fused-ring (bicyclic) bond motifs is 5. The molecule has 0 bridgehead atoms. The quantitative estimate of drug-likeness (QED) is 0.448. The van der Waals surface area contributed by atoms with Crippen molar-refractivity contribution in [3.05, 3.63) is 65.2 Å². The Morgan fingerprint density at radius 3 is 2.26 bits per heavy atom. The van der Waals surface area contributed by atoms with E-state index in [-0.39, 0.29) is 11.3 Å². The van der Waals surface area contributed by atoms with Crippen LogP contribution >= 0.6 is 0 Å². The monoisotopic (exact) mass is 471 g/mol. The zero-order chi connectivity index (χ0) is 24.9. The maximum absolute atomic E-state index is 10.5. The maximum Gasteiger partial charge on any atom is 0.172 e. The molecule has 0 spiro atoms. The Kier molecular flexibility index (Phi) is 5.39. The van der Waals surface area contributed by atoms with Crippen LogP contribution in [-0.4, -0.2) is 32.0 Å². The van der Waals surface area contributed by atoms with Crippen molar-refractivity contribution in [1.82, 2.24) is 0 Å². The highest BCUT2D eigenvalue weighted by atomic mass is 16.5. The van der Waals surface area contributed by atoms with Gasteiger partial charge in [0.05, 0.1) is 32.4 Å². The fourth-order valence-corrected chi connectivity index (χ4v) is 5.01. The van der Waals surface area contributed by atoms with Gasteiger partial charge in [0.1, 0.15) is 23.0 Å². The van der Waals surface area contributed by atoms with Crippen LogP contribution in [0.25, 0.3) is 28.5 Å². The lowest BCUT2D eigenvalue weighted by molar-refractivity contribution is 0.371. The molecule has 0 atom stereocenters. The van der Waals surface area contributed by atoms with Crippen LogP contribution in [0.4, 0.5) is 5.69 Å². The van der Waals surface area contributed by atoms with Crippen LogP contribution in [0.5, 0.6) is 28.7 Å². The van der Waals surface area contributed by atoms with Gasteiger partial charge in [0, 0.05) is 28.4 Å². The smallest absolute Gasteiger partial charge is 0.172 e. The van der Waals surface area contributed by atoms with Gasteiger partial charge in [-0.05, 0) is 68.3 Å². The normalized spacial score (nSPS) is 16.2. The molecule has 0 fully saturated rings. The summed E-state index contributed by atoms with van der Waals surface area (Å²) in [4.78, 5) is 0. The van der Waals surface area contributed by atoms with Gasteiger partial charge < -0.3 is 29.4 Å². The molecule has 3 aromatic carbocycles. The van der Waals surface area contributed by atoms with Gasteiger partial charge in [-0.15, -0.1) is 0 Å². The molecule has 6 heteroatoms.